The Morgan fingerprint density at radius 3 is 2.87 bits per heavy atom. The third-order valence-electron chi connectivity index (χ3n) is 3.13. The molecule has 1 unspecified atom stereocenters. The number of benzene rings is 1. The highest BCUT2D eigenvalue weighted by Gasteiger charge is 2.25. The van der Waals surface area contributed by atoms with Crippen molar-refractivity contribution in [3.8, 4) is 0 Å². The van der Waals surface area contributed by atoms with Crippen LogP contribution in [0.1, 0.15) is 39.4 Å². The lowest BCUT2D eigenvalue weighted by molar-refractivity contribution is -0.109. The number of carboxylic acid groups (broad SMARTS) is 1. The fourth-order valence-corrected chi connectivity index (χ4v) is 2.29. The van der Waals surface area contributed by atoms with E-state index in [4.69, 9.17) is 5.11 Å². The number of aromatic carboxylic acids is 1. The Hall–Kier alpha value is -1.64. The predicted molar refractivity (Wildman–Crippen MR) is 55.3 cm³/mol. The van der Waals surface area contributed by atoms with E-state index in [2.05, 4.69) is 0 Å². The molecule has 3 heteroatoms. The van der Waals surface area contributed by atoms with Crippen LogP contribution in [0.5, 0.6) is 0 Å². The first-order valence-corrected chi connectivity index (χ1v) is 4.96. The summed E-state index contributed by atoms with van der Waals surface area (Å²) in [6.45, 7) is 1.81. The van der Waals surface area contributed by atoms with Crippen molar-refractivity contribution < 1.29 is 14.7 Å². The summed E-state index contributed by atoms with van der Waals surface area (Å²) in [5, 5.41) is 8.95. The maximum Gasteiger partial charge on any atom is 0.335 e. The number of hydrogen-bond acceptors (Lipinski definition) is 2. The highest BCUT2D eigenvalue weighted by Crippen LogP contribution is 2.34. The van der Waals surface area contributed by atoms with Crippen LogP contribution in [-0.4, -0.2) is 17.4 Å². The van der Waals surface area contributed by atoms with Gasteiger partial charge in [-0.3, -0.25) is 0 Å². The van der Waals surface area contributed by atoms with Gasteiger partial charge in [-0.2, -0.15) is 0 Å². The Morgan fingerprint density at radius 1 is 1.53 bits per heavy atom. The molecule has 1 aliphatic carbocycles. The number of hydrogen-bond donors (Lipinski definition) is 1. The average molecular weight is 204 g/mol. The molecule has 2 rings (SSSR count). The molecule has 0 bridgehead atoms. The first-order chi connectivity index (χ1) is 7.15. The van der Waals surface area contributed by atoms with Gasteiger partial charge in [0.2, 0.25) is 0 Å². The largest absolute Gasteiger partial charge is 0.478 e. The lowest BCUT2D eigenvalue weighted by atomic mass is 9.96. The molecule has 1 aliphatic rings. The van der Waals surface area contributed by atoms with Crippen LogP contribution < -0.4 is 0 Å². The van der Waals surface area contributed by atoms with Crippen LogP contribution in [0, 0.1) is 6.92 Å². The minimum atomic E-state index is -0.898. The summed E-state index contributed by atoms with van der Waals surface area (Å²) >= 11 is 0. The predicted octanol–water partition coefficient (Wildman–Crippen LogP) is 1.92. The SMILES string of the molecule is Cc1c(C(=O)O)ccc2c1CCC2C=O. The average Bonchev–Trinajstić information content (AvgIpc) is 2.61. The first kappa shape index (κ1) is 9.90. The molecule has 0 saturated heterocycles. The van der Waals surface area contributed by atoms with Crippen molar-refractivity contribution in [3.63, 3.8) is 0 Å². The van der Waals surface area contributed by atoms with Crippen LogP contribution >= 0.6 is 0 Å². The van der Waals surface area contributed by atoms with E-state index in [9.17, 15) is 9.59 Å². The zero-order valence-electron chi connectivity index (χ0n) is 8.49. The maximum absolute atomic E-state index is 10.9. The molecule has 0 saturated carbocycles. The van der Waals surface area contributed by atoms with Crippen LogP contribution in [-0.2, 0) is 11.2 Å². The van der Waals surface area contributed by atoms with Crippen LogP contribution in [0.3, 0.4) is 0 Å². The lowest BCUT2D eigenvalue weighted by Gasteiger charge is -2.08. The first-order valence-electron chi connectivity index (χ1n) is 4.96. The molecule has 15 heavy (non-hydrogen) atoms. The van der Waals surface area contributed by atoms with Crippen LogP contribution in [0.4, 0.5) is 0 Å². The van der Waals surface area contributed by atoms with Gasteiger partial charge >= 0.3 is 5.97 Å². The molecular weight excluding hydrogens is 192 g/mol. The molecule has 1 atom stereocenters. The van der Waals surface area contributed by atoms with Crippen molar-refractivity contribution in [2.75, 3.05) is 0 Å². The quantitative estimate of drug-likeness (QED) is 0.749. The summed E-state index contributed by atoms with van der Waals surface area (Å²) < 4.78 is 0. The van der Waals surface area contributed by atoms with Crippen molar-refractivity contribution in [2.45, 2.75) is 25.7 Å². The monoisotopic (exact) mass is 204 g/mol. The second-order valence-corrected chi connectivity index (χ2v) is 3.89. The van der Waals surface area contributed by atoms with Crippen LogP contribution in [0.2, 0.25) is 0 Å². The molecule has 0 aromatic heterocycles. The number of carbonyl (C=O) groups is 2. The van der Waals surface area contributed by atoms with E-state index in [1.165, 1.54) is 0 Å². The van der Waals surface area contributed by atoms with Gasteiger partial charge in [0, 0.05) is 5.92 Å². The zero-order chi connectivity index (χ0) is 11.0. The van der Waals surface area contributed by atoms with Gasteiger partial charge in [-0.1, -0.05) is 6.07 Å². The Kier molecular flexibility index (Phi) is 2.31. The normalized spacial score (nSPS) is 18.6. The highest BCUT2D eigenvalue weighted by atomic mass is 16.4. The number of fused-ring (bicyclic) bond motifs is 1. The van der Waals surface area contributed by atoms with Gasteiger partial charge in [0.1, 0.15) is 6.29 Å². The summed E-state index contributed by atoms with van der Waals surface area (Å²) in [5.74, 6) is -0.939. The Morgan fingerprint density at radius 2 is 2.27 bits per heavy atom. The molecule has 1 aromatic carbocycles. The Bertz CT molecular complexity index is 435. The van der Waals surface area contributed by atoms with Crippen LogP contribution in [0.15, 0.2) is 12.1 Å². The van der Waals surface area contributed by atoms with Gasteiger partial charge in [0.05, 0.1) is 5.56 Å². The van der Waals surface area contributed by atoms with Gasteiger partial charge in [-0.15, -0.1) is 0 Å². The molecule has 0 aliphatic heterocycles. The fourth-order valence-electron chi connectivity index (χ4n) is 2.29. The Balaban J connectivity index is 2.56. The standard InChI is InChI=1S/C12H12O3/c1-7-9-3-2-8(6-13)11(9)5-4-10(7)12(14)15/h4-6,8H,2-3H2,1H3,(H,14,15). The van der Waals surface area contributed by atoms with Crippen LogP contribution in [0.25, 0.3) is 0 Å². The summed E-state index contributed by atoms with van der Waals surface area (Å²) in [4.78, 5) is 21.7. The number of carboxylic acids is 1. The molecular formula is C12H12O3. The molecule has 1 aromatic rings. The zero-order valence-corrected chi connectivity index (χ0v) is 8.49. The van der Waals surface area contributed by atoms with Crippen molar-refractivity contribution in [1.29, 1.82) is 0 Å². The lowest BCUT2D eigenvalue weighted by Crippen LogP contribution is -2.03. The summed E-state index contributed by atoms with van der Waals surface area (Å²) in [6, 6.07) is 3.37. The topological polar surface area (TPSA) is 54.4 Å². The molecule has 0 spiro atoms. The van der Waals surface area contributed by atoms with E-state index < -0.39 is 5.97 Å². The van der Waals surface area contributed by atoms with Gasteiger partial charge in [-0.25, -0.2) is 4.79 Å². The summed E-state index contributed by atoms with van der Waals surface area (Å²) in [6.07, 6.45) is 2.57. The third kappa shape index (κ3) is 1.44. The van der Waals surface area contributed by atoms with Gasteiger partial charge in [0.25, 0.3) is 0 Å². The van der Waals surface area contributed by atoms with Crippen molar-refractivity contribution >= 4 is 12.3 Å². The highest BCUT2D eigenvalue weighted by molar-refractivity contribution is 5.90. The second kappa shape index (κ2) is 3.50. The second-order valence-electron chi connectivity index (χ2n) is 3.89. The Labute approximate surface area is 87.7 Å². The number of rotatable bonds is 2. The minimum Gasteiger partial charge on any atom is -0.478 e. The maximum atomic E-state index is 10.9. The van der Waals surface area contributed by atoms with Crippen molar-refractivity contribution in [1.82, 2.24) is 0 Å². The van der Waals surface area contributed by atoms with Crippen molar-refractivity contribution in [3.05, 3.63) is 34.4 Å². The minimum absolute atomic E-state index is 0.0402. The number of aldehydes is 1. The number of carbonyl (C=O) groups excluding carboxylic acids is 1. The molecule has 78 valence electrons. The van der Waals surface area contributed by atoms with E-state index in [0.29, 0.717) is 5.56 Å². The van der Waals surface area contributed by atoms with E-state index in [1.807, 2.05) is 6.92 Å². The van der Waals surface area contributed by atoms with E-state index in [0.717, 1.165) is 35.8 Å². The van der Waals surface area contributed by atoms with Gasteiger partial charge in [0.15, 0.2) is 0 Å². The molecule has 3 nitrogen and oxygen atoms in total. The van der Waals surface area contributed by atoms with E-state index in [-0.39, 0.29) is 5.92 Å². The van der Waals surface area contributed by atoms with Gasteiger partial charge < -0.3 is 9.90 Å². The smallest absolute Gasteiger partial charge is 0.335 e. The fraction of sp³-hybridized carbons (Fsp3) is 0.333. The van der Waals surface area contributed by atoms with E-state index >= 15 is 0 Å². The molecule has 0 heterocycles. The molecule has 0 amide bonds. The molecule has 0 radical (unpaired) electrons. The molecule has 1 N–H and O–H groups in total. The van der Waals surface area contributed by atoms with Crippen molar-refractivity contribution in [2.24, 2.45) is 0 Å². The molecule has 0 fully saturated rings. The third-order valence-corrected chi connectivity index (χ3v) is 3.13. The summed E-state index contributed by atoms with van der Waals surface area (Å²) in [7, 11) is 0. The summed E-state index contributed by atoms with van der Waals surface area (Å²) in [5.41, 5.74) is 3.21. The van der Waals surface area contributed by atoms with E-state index in [1.54, 1.807) is 12.1 Å². The van der Waals surface area contributed by atoms with Gasteiger partial charge in [-0.05, 0) is 42.5 Å².